The molecule has 7 heteroatoms. The van der Waals surface area contributed by atoms with Gasteiger partial charge in [0.2, 0.25) is 5.91 Å². The lowest BCUT2D eigenvalue weighted by atomic mass is 10.2. The van der Waals surface area contributed by atoms with Crippen LogP contribution in [0.2, 0.25) is 5.02 Å². The molecule has 1 aliphatic rings. The minimum absolute atomic E-state index is 0.0382. The summed E-state index contributed by atoms with van der Waals surface area (Å²) in [7, 11) is 0. The third kappa shape index (κ3) is 3.47. The number of thioether (sulfide) groups is 1. The highest BCUT2D eigenvalue weighted by Crippen LogP contribution is 2.37. The number of hydrogen-bond acceptors (Lipinski definition) is 5. The number of rotatable bonds is 3. The van der Waals surface area contributed by atoms with Crippen LogP contribution in [0.25, 0.3) is 10.8 Å². The number of nitrogens with zero attached hydrogens (tertiary/aromatic N) is 2. The number of hydrogen-bond donors (Lipinski definition) is 0. The number of halogens is 1. The van der Waals surface area contributed by atoms with Crippen LogP contribution in [-0.4, -0.2) is 23.2 Å². The van der Waals surface area contributed by atoms with Crippen LogP contribution in [0.4, 0.5) is 5.69 Å². The van der Waals surface area contributed by atoms with Gasteiger partial charge in [-0.1, -0.05) is 11.6 Å². The molecule has 128 valence electrons. The molecule has 3 aromatic rings. The van der Waals surface area contributed by atoms with Crippen LogP contribution in [0.15, 0.2) is 45.0 Å². The van der Waals surface area contributed by atoms with Crippen molar-refractivity contribution in [3.05, 3.63) is 52.2 Å². The number of anilines is 1. The number of aromatic nitrogens is 1. The second-order valence-electron chi connectivity index (χ2n) is 5.74. The van der Waals surface area contributed by atoms with Gasteiger partial charge in [-0.3, -0.25) is 4.79 Å². The molecule has 0 aliphatic carbocycles. The van der Waals surface area contributed by atoms with Crippen molar-refractivity contribution in [2.75, 3.05) is 17.2 Å². The van der Waals surface area contributed by atoms with Gasteiger partial charge in [-0.2, -0.15) is 0 Å². The van der Waals surface area contributed by atoms with Gasteiger partial charge in [0.05, 0.1) is 17.8 Å². The quantitative estimate of drug-likeness (QED) is 0.628. The summed E-state index contributed by atoms with van der Waals surface area (Å²) in [5, 5.41) is 3.36. The molecule has 1 aliphatic heterocycles. The number of fused-ring (bicyclic) bond motifs is 1. The number of amides is 1. The Bertz CT molecular complexity index is 935. The van der Waals surface area contributed by atoms with Gasteiger partial charge in [0.1, 0.15) is 5.76 Å². The highest BCUT2D eigenvalue weighted by molar-refractivity contribution is 7.99. The number of carbonyl (C=O) groups excluding carboxylic acids is 1. The maximum absolute atomic E-state index is 12.8. The van der Waals surface area contributed by atoms with E-state index in [9.17, 15) is 4.79 Å². The number of furan rings is 1. The molecule has 4 nitrogen and oxygen atoms in total. The van der Waals surface area contributed by atoms with E-state index in [4.69, 9.17) is 16.0 Å². The second kappa shape index (κ2) is 6.86. The molecule has 0 saturated carbocycles. The molecule has 0 fully saturated rings. The van der Waals surface area contributed by atoms with E-state index in [1.54, 1.807) is 11.8 Å². The first-order valence-electron chi connectivity index (χ1n) is 7.84. The predicted molar refractivity (Wildman–Crippen MR) is 103 cm³/mol. The number of thiazole rings is 1. The lowest BCUT2D eigenvalue weighted by molar-refractivity contribution is -0.118. The van der Waals surface area contributed by atoms with Gasteiger partial charge < -0.3 is 9.32 Å². The first-order valence-corrected chi connectivity index (χ1v) is 10.1. The Labute approximate surface area is 158 Å². The van der Waals surface area contributed by atoms with E-state index in [2.05, 4.69) is 4.98 Å². The van der Waals surface area contributed by atoms with Crippen LogP contribution in [0.1, 0.15) is 11.5 Å². The van der Waals surface area contributed by atoms with Crippen LogP contribution >= 0.6 is 34.7 Å². The molecule has 4 rings (SSSR count). The first kappa shape index (κ1) is 16.7. The van der Waals surface area contributed by atoms with Crippen molar-refractivity contribution < 1.29 is 9.21 Å². The van der Waals surface area contributed by atoms with Gasteiger partial charge in [0.25, 0.3) is 0 Å². The van der Waals surface area contributed by atoms with E-state index in [-0.39, 0.29) is 12.3 Å². The van der Waals surface area contributed by atoms with E-state index < -0.39 is 0 Å². The molecule has 0 bridgehead atoms. The highest BCUT2D eigenvalue weighted by atomic mass is 35.5. The molecule has 2 aromatic heterocycles. The van der Waals surface area contributed by atoms with Crippen molar-refractivity contribution in [2.24, 2.45) is 0 Å². The number of carbonyl (C=O) groups is 1. The highest BCUT2D eigenvalue weighted by Gasteiger charge is 2.24. The molecule has 3 heterocycles. The number of benzene rings is 1. The molecule has 0 N–H and O–H groups in total. The Morgan fingerprint density at radius 1 is 1.36 bits per heavy atom. The molecule has 0 radical (unpaired) electrons. The van der Waals surface area contributed by atoms with Gasteiger partial charge in [0, 0.05) is 27.6 Å². The minimum atomic E-state index is 0.0382. The molecule has 0 unspecified atom stereocenters. The van der Waals surface area contributed by atoms with Crippen LogP contribution in [0, 0.1) is 6.92 Å². The molecular formula is C18H15ClN2O2S2. The SMILES string of the molecule is Cc1ccc(-c2nc(CC(=O)N3CCSc4ccc(Cl)cc43)cs2)o1. The van der Waals surface area contributed by atoms with Crippen LogP contribution < -0.4 is 4.90 Å². The summed E-state index contributed by atoms with van der Waals surface area (Å²) in [6.45, 7) is 2.59. The Balaban J connectivity index is 1.54. The lowest BCUT2D eigenvalue weighted by Gasteiger charge is -2.29. The van der Waals surface area contributed by atoms with E-state index >= 15 is 0 Å². The van der Waals surface area contributed by atoms with E-state index in [1.807, 2.05) is 47.5 Å². The summed E-state index contributed by atoms with van der Waals surface area (Å²) in [6.07, 6.45) is 0.271. The zero-order chi connectivity index (χ0) is 17.4. The normalized spacial score (nSPS) is 13.8. The van der Waals surface area contributed by atoms with Crippen LogP contribution in [0.5, 0.6) is 0 Å². The third-order valence-corrected chi connectivity index (χ3v) is 6.10. The van der Waals surface area contributed by atoms with Crippen LogP contribution in [-0.2, 0) is 11.2 Å². The summed E-state index contributed by atoms with van der Waals surface area (Å²) in [6, 6.07) is 9.51. The lowest BCUT2D eigenvalue weighted by Crippen LogP contribution is -2.36. The monoisotopic (exact) mass is 390 g/mol. The van der Waals surface area contributed by atoms with Gasteiger partial charge in [-0.05, 0) is 37.3 Å². The molecule has 1 aromatic carbocycles. The first-order chi connectivity index (χ1) is 12.1. The van der Waals surface area contributed by atoms with E-state index in [0.29, 0.717) is 11.6 Å². The molecule has 1 amide bonds. The maximum Gasteiger partial charge on any atom is 0.233 e. The molecular weight excluding hydrogens is 376 g/mol. The second-order valence-corrected chi connectivity index (χ2v) is 8.17. The zero-order valence-corrected chi connectivity index (χ0v) is 15.9. The molecule has 0 spiro atoms. The molecule has 25 heavy (non-hydrogen) atoms. The Kier molecular flexibility index (Phi) is 4.58. The van der Waals surface area contributed by atoms with Gasteiger partial charge in [-0.15, -0.1) is 23.1 Å². The van der Waals surface area contributed by atoms with Gasteiger partial charge in [0.15, 0.2) is 10.8 Å². The Morgan fingerprint density at radius 3 is 3.04 bits per heavy atom. The largest absolute Gasteiger partial charge is 0.459 e. The summed E-state index contributed by atoms with van der Waals surface area (Å²) in [5.41, 5.74) is 1.66. The van der Waals surface area contributed by atoms with Gasteiger partial charge in [-0.25, -0.2) is 4.98 Å². The Hall–Kier alpha value is -1.76. The average molecular weight is 391 g/mol. The predicted octanol–water partition coefficient (Wildman–Crippen LogP) is 5.05. The summed E-state index contributed by atoms with van der Waals surface area (Å²) in [5.74, 6) is 2.51. The van der Waals surface area contributed by atoms with Crippen LogP contribution in [0.3, 0.4) is 0 Å². The summed E-state index contributed by atoms with van der Waals surface area (Å²) >= 11 is 9.35. The Morgan fingerprint density at radius 2 is 2.24 bits per heavy atom. The maximum atomic E-state index is 12.8. The van der Waals surface area contributed by atoms with Crippen molar-refractivity contribution >= 4 is 46.3 Å². The number of aryl methyl sites for hydroxylation is 1. The van der Waals surface area contributed by atoms with Crippen molar-refractivity contribution in [1.29, 1.82) is 0 Å². The topological polar surface area (TPSA) is 46.3 Å². The smallest absolute Gasteiger partial charge is 0.233 e. The van der Waals surface area contributed by atoms with Gasteiger partial charge >= 0.3 is 0 Å². The van der Waals surface area contributed by atoms with Crippen molar-refractivity contribution in [2.45, 2.75) is 18.2 Å². The van der Waals surface area contributed by atoms with E-state index in [0.717, 1.165) is 38.6 Å². The van der Waals surface area contributed by atoms with Crippen molar-refractivity contribution in [3.8, 4) is 10.8 Å². The molecule has 0 atom stereocenters. The average Bonchev–Trinajstić information content (AvgIpc) is 3.23. The standard InChI is InChI=1S/C18H15ClN2O2S2/c1-11-2-4-15(23-11)18-20-13(10-25-18)9-17(22)21-6-7-24-16-5-3-12(19)8-14(16)21/h2-5,8,10H,6-7,9H2,1H3. The van der Waals surface area contributed by atoms with E-state index in [1.165, 1.54) is 11.3 Å². The third-order valence-electron chi connectivity index (χ3n) is 3.92. The summed E-state index contributed by atoms with van der Waals surface area (Å²) < 4.78 is 5.60. The zero-order valence-electron chi connectivity index (χ0n) is 13.5. The van der Waals surface area contributed by atoms with Crippen molar-refractivity contribution in [3.63, 3.8) is 0 Å². The van der Waals surface area contributed by atoms with Crippen molar-refractivity contribution in [1.82, 2.24) is 4.98 Å². The molecule has 0 saturated heterocycles. The minimum Gasteiger partial charge on any atom is -0.459 e. The fraction of sp³-hybridized carbons (Fsp3) is 0.222. The fourth-order valence-corrected chi connectivity index (χ4v) is 4.67. The fourth-order valence-electron chi connectivity index (χ4n) is 2.75. The summed E-state index contributed by atoms with van der Waals surface area (Å²) in [4.78, 5) is 20.3.